The van der Waals surface area contributed by atoms with Crippen LogP contribution in [0.5, 0.6) is 0 Å². The third-order valence-corrected chi connectivity index (χ3v) is 5.24. The lowest BCUT2D eigenvalue weighted by Gasteiger charge is -2.29. The number of rotatable bonds is 4. The normalized spacial score (nSPS) is 20.4. The lowest BCUT2D eigenvalue weighted by molar-refractivity contribution is 0.211. The number of hydrogen-bond donors (Lipinski definition) is 0. The van der Waals surface area contributed by atoms with Crippen LogP contribution in [0.15, 0.2) is 18.2 Å². The quantitative estimate of drug-likeness (QED) is 0.828. The fourth-order valence-electron chi connectivity index (χ4n) is 3.83. The summed E-state index contributed by atoms with van der Waals surface area (Å²) >= 11 is 0. The van der Waals surface area contributed by atoms with Crippen LogP contribution >= 0.6 is 0 Å². The standard InChI is InChI=1S/C18H28N2/c1-15-5-3-7-18-17(15)10-14-20(18)11-4-6-16-8-12-19(2)13-9-16/h3,5,7,16H,4,6,8-14H2,1-2H3. The Morgan fingerprint density at radius 1 is 1.15 bits per heavy atom. The first kappa shape index (κ1) is 13.9. The fourth-order valence-corrected chi connectivity index (χ4v) is 3.83. The highest BCUT2D eigenvalue weighted by Crippen LogP contribution is 2.31. The molecule has 110 valence electrons. The second-order valence-corrected chi connectivity index (χ2v) is 6.70. The molecule has 2 aliphatic heterocycles. The molecule has 0 atom stereocenters. The van der Waals surface area contributed by atoms with E-state index in [2.05, 4.69) is 42.0 Å². The van der Waals surface area contributed by atoms with Crippen molar-refractivity contribution < 1.29 is 0 Å². The zero-order chi connectivity index (χ0) is 13.9. The molecular formula is C18H28N2. The third kappa shape index (κ3) is 3.01. The topological polar surface area (TPSA) is 6.48 Å². The molecule has 2 heterocycles. The van der Waals surface area contributed by atoms with Gasteiger partial charge in [0.25, 0.3) is 0 Å². The van der Waals surface area contributed by atoms with Crippen LogP contribution in [0, 0.1) is 12.8 Å². The van der Waals surface area contributed by atoms with Crippen molar-refractivity contribution in [1.29, 1.82) is 0 Å². The highest BCUT2D eigenvalue weighted by Gasteiger charge is 2.21. The van der Waals surface area contributed by atoms with Crippen molar-refractivity contribution in [3.63, 3.8) is 0 Å². The van der Waals surface area contributed by atoms with Crippen LogP contribution in [0.4, 0.5) is 5.69 Å². The molecule has 1 aromatic carbocycles. The van der Waals surface area contributed by atoms with Gasteiger partial charge in [-0.25, -0.2) is 0 Å². The molecule has 2 nitrogen and oxygen atoms in total. The van der Waals surface area contributed by atoms with E-state index >= 15 is 0 Å². The van der Waals surface area contributed by atoms with Gasteiger partial charge in [-0.05, 0) is 82.3 Å². The molecule has 0 radical (unpaired) electrons. The van der Waals surface area contributed by atoms with Gasteiger partial charge in [-0.3, -0.25) is 0 Å². The summed E-state index contributed by atoms with van der Waals surface area (Å²) in [5, 5.41) is 0. The summed E-state index contributed by atoms with van der Waals surface area (Å²) in [7, 11) is 2.25. The molecule has 0 aliphatic carbocycles. The molecule has 1 aromatic rings. The Bertz CT molecular complexity index is 447. The van der Waals surface area contributed by atoms with E-state index in [1.807, 2.05) is 0 Å². The van der Waals surface area contributed by atoms with Crippen LogP contribution in [0.2, 0.25) is 0 Å². The van der Waals surface area contributed by atoms with Crippen molar-refractivity contribution in [1.82, 2.24) is 4.90 Å². The van der Waals surface area contributed by atoms with Crippen LogP contribution in [0.1, 0.15) is 36.8 Å². The van der Waals surface area contributed by atoms with Crippen LogP contribution in [-0.4, -0.2) is 38.1 Å². The van der Waals surface area contributed by atoms with Gasteiger partial charge < -0.3 is 9.80 Å². The second-order valence-electron chi connectivity index (χ2n) is 6.70. The molecule has 1 fully saturated rings. The van der Waals surface area contributed by atoms with E-state index in [1.54, 1.807) is 5.56 Å². The molecule has 20 heavy (non-hydrogen) atoms. The second kappa shape index (κ2) is 6.17. The summed E-state index contributed by atoms with van der Waals surface area (Å²) in [6, 6.07) is 6.77. The molecule has 0 saturated carbocycles. The average Bonchev–Trinajstić information content (AvgIpc) is 2.86. The van der Waals surface area contributed by atoms with Crippen molar-refractivity contribution in [2.45, 2.75) is 39.0 Å². The number of fused-ring (bicyclic) bond motifs is 1. The van der Waals surface area contributed by atoms with Crippen molar-refractivity contribution in [3.05, 3.63) is 29.3 Å². The van der Waals surface area contributed by atoms with Crippen LogP contribution < -0.4 is 4.90 Å². The summed E-state index contributed by atoms with van der Waals surface area (Å²) in [6.45, 7) is 7.34. The maximum absolute atomic E-state index is 2.61. The first-order valence-corrected chi connectivity index (χ1v) is 8.26. The van der Waals surface area contributed by atoms with Gasteiger partial charge in [-0.2, -0.15) is 0 Å². The summed E-state index contributed by atoms with van der Waals surface area (Å²) in [4.78, 5) is 5.08. The predicted molar refractivity (Wildman–Crippen MR) is 86.6 cm³/mol. The smallest absolute Gasteiger partial charge is 0.0402 e. The van der Waals surface area contributed by atoms with E-state index in [0.717, 1.165) is 5.92 Å². The van der Waals surface area contributed by atoms with Gasteiger partial charge in [-0.1, -0.05) is 12.1 Å². The van der Waals surface area contributed by atoms with Gasteiger partial charge in [0.1, 0.15) is 0 Å². The van der Waals surface area contributed by atoms with Gasteiger partial charge in [0, 0.05) is 18.8 Å². The van der Waals surface area contributed by atoms with E-state index in [-0.39, 0.29) is 0 Å². The summed E-state index contributed by atoms with van der Waals surface area (Å²) in [5.41, 5.74) is 4.57. The summed E-state index contributed by atoms with van der Waals surface area (Å²) in [5.74, 6) is 0.978. The van der Waals surface area contributed by atoms with E-state index in [4.69, 9.17) is 0 Å². The molecule has 1 saturated heterocycles. The number of aryl methyl sites for hydroxylation is 1. The highest BCUT2D eigenvalue weighted by atomic mass is 15.1. The van der Waals surface area contributed by atoms with Crippen molar-refractivity contribution in [2.24, 2.45) is 5.92 Å². The first-order valence-electron chi connectivity index (χ1n) is 8.26. The first-order chi connectivity index (χ1) is 9.74. The molecule has 2 aliphatic rings. The average molecular weight is 272 g/mol. The number of anilines is 1. The predicted octanol–water partition coefficient (Wildman–Crippen LogP) is 3.48. The van der Waals surface area contributed by atoms with Crippen LogP contribution in [0.25, 0.3) is 0 Å². The molecule has 0 aromatic heterocycles. The maximum Gasteiger partial charge on any atom is 0.0402 e. The molecular weight excluding hydrogens is 244 g/mol. The Hall–Kier alpha value is -1.02. The van der Waals surface area contributed by atoms with Gasteiger partial charge in [0.05, 0.1) is 0 Å². The van der Waals surface area contributed by atoms with Crippen LogP contribution in [-0.2, 0) is 6.42 Å². The maximum atomic E-state index is 2.61. The van der Waals surface area contributed by atoms with Crippen LogP contribution in [0.3, 0.4) is 0 Å². The number of hydrogen-bond acceptors (Lipinski definition) is 2. The minimum atomic E-state index is 0.978. The molecule has 0 unspecified atom stereocenters. The Labute approximate surface area is 123 Å². The van der Waals surface area contributed by atoms with E-state index < -0.39 is 0 Å². The molecule has 0 amide bonds. The third-order valence-electron chi connectivity index (χ3n) is 5.24. The monoisotopic (exact) mass is 272 g/mol. The Balaban J connectivity index is 1.48. The van der Waals surface area contributed by atoms with Crippen molar-refractivity contribution >= 4 is 5.69 Å². The Morgan fingerprint density at radius 2 is 1.95 bits per heavy atom. The fraction of sp³-hybridized carbons (Fsp3) is 0.667. The van der Waals surface area contributed by atoms with E-state index in [9.17, 15) is 0 Å². The Morgan fingerprint density at radius 3 is 2.75 bits per heavy atom. The van der Waals surface area contributed by atoms with Gasteiger partial charge in [0.2, 0.25) is 0 Å². The van der Waals surface area contributed by atoms with Gasteiger partial charge in [-0.15, -0.1) is 0 Å². The number of piperidine rings is 1. The SMILES string of the molecule is Cc1cccc2c1CCN2CCCC1CCN(C)CC1. The zero-order valence-electron chi connectivity index (χ0n) is 13.1. The largest absolute Gasteiger partial charge is 0.371 e. The highest BCUT2D eigenvalue weighted by molar-refractivity contribution is 5.60. The lowest BCUT2D eigenvalue weighted by atomic mass is 9.92. The molecule has 0 spiro atoms. The molecule has 2 heteroatoms. The van der Waals surface area contributed by atoms with Gasteiger partial charge >= 0.3 is 0 Å². The van der Waals surface area contributed by atoms with Gasteiger partial charge in [0.15, 0.2) is 0 Å². The van der Waals surface area contributed by atoms with E-state index in [0.29, 0.717) is 0 Å². The summed E-state index contributed by atoms with van der Waals surface area (Å²) in [6.07, 6.45) is 6.85. The lowest BCUT2D eigenvalue weighted by Crippen LogP contribution is -2.30. The number of likely N-dealkylation sites (tertiary alicyclic amines) is 1. The number of benzene rings is 1. The minimum absolute atomic E-state index is 0.978. The van der Waals surface area contributed by atoms with E-state index in [1.165, 1.54) is 69.5 Å². The molecule has 3 rings (SSSR count). The molecule has 0 N–H and O–H groups in total. The van der Waals surface area contributed by atoms with Crippen molar-refractivity contribution in [2.75, 3.05) is 38.1 Å². The summed E-state index contributed by atoms with van der Waals surface area (Å²) < 4.78 is 0. The minimum Gasteiger partial charge on any atom is -0.371 e. The molecule has 0 bridgehead atoms. The number of nitrogens with zero attached hydrogens (tertiary/aromatic N) is 2. The van der Waals surface area contributed by atoms with Crippen molar-refractivity contribution in [3.8, 4) is 0 Å². The zero-order valence-corrected chi connectivity index (χ0v) is 13.1. The Kier molecular flexibility index (Phi) is 4.30.